The fourth-order valence-electron chi connectivity index (χ4n) is 2.39. The number of rotatable bonds is 3. The smallest absolute Gasteiger partial charge is 0.280 e. The monoisotopic (exact) mass is 295 g/mol. The van der Waals surface area contributed by atoms with Gasteiger partial charge in [-0.2, -0.15) is 4.98 Å². The minimum atomic E-state index is -0.757. The lowest BCUT2D eigenvalue weighted by Crippen LogP contribution is -2.24. The van der Waals surface area contributed by atoms with Crippen molar-refractivity contribution in [1.82, 2.24) is 19.5 Å². The van der Waals surface area contributed by atoms with Crippen molar-refractivity contribution in [3.8, 4) is 0 Å². The predicted molar refractivity (Wildman–Crippen MR) is 74.1 cm³/mol. The van der Waals surface area contributed by atoms with Crippen molar-refractivity contribution in [2.24, 2.45) is 0 Å². The first-order valence-corrected chi connectivity index (χ1v) is 6.60. The Labute approximate surface area is 119 Å². The number of aromatic nitrogens is 4. The lowest BCUT2D eigenvalue weighted by molar-refractivity contribution is -0.0432. The largest absolute Gasteiger partial charge is 0.394 e. The summed E-state index contributed by atoms with van der Waals surface area (Å²) in [4.78, 5) is 24.7. The van der Waals surface area contributed by atoms with Gasteiger partial charge in [0.2, 0.25) is 5.95 Å². The number of anilines is 1. The topological polar surface area (TPSA) is 116 Å². The van der Waals surface area contributed by atoms with Crippen LogP contribution in [0.2, 0.25) is 0 Å². The van der Waals surface area contributed by atoms with Gasteiger partial charge in [0.15, 0.2) is 11.2 Å². The van der Waals surface area contributed by atoms with E-state index in [2.05, 4.69) is 15.0 Å². The molecule has 2 aromatic rings. The van der Waals surface area contributed by atoms with Crippen molar-refractivity contribution in [2.75, 3.05) is 25.6 Å². The van der Waals surface area contributed by atoms with Gasteiger partial charge in [0.1, 0.15) is 12.3 Å². The summed E-state index contributed by atoms with van der Waals surface area (Å²) < 4.78 is 7.18. The zero-order chi connectivity index (χ0) is 15.1. The van der Waals surface area contributed by atoms with Crippen LogP contribution < -0.4 is 10.5 Å². The third kappa shape index (κ3) is 2.28. The van der Waals surface area contributed by atoms with Gasteiger partial charge in [-0.25, -0.2) is 4.98 Å². The molecule has 1 aliphatic heterocycles. The molecule has 3 unspecified atom stereocenters. The van der Waals surface area contributed by atoms with Gasteiger partial charge in [-0.05, 0) is 0 Å². The highest BCUT2D eigenvalue weighted by Gasteiger charge is 2.35. The van der Waals surface area contributed by atoms with Crippen LogP contribution in [0.3, 0.4) is 0 Å². The number of imidazole rings is 1. The van der Waals surface area contributed by atoms with Crippen LogP contribution in [0, 0.1) is 0 Å². The molecule has 0 spiro atoms. The highest BCUT2D eigenvalue weighted by atomic mass is 16.5. The molecule has 3 N–H and O–H groups in total. The second kappa shape index (κ2) is 5.10. The zero-order valence-electron chi connectivity index (χ0n) is 11.7. The molecular weight excluding hydrogens is 278 g/mol. The number of aliphatic hydroxyl groups excluding tert-OH is 2. The second-order valence-electron chi connectivity index (χ2n) is 5.22. The number of hydrogen-bond donors (Lipinski definition) is 3. The summed E-state index contributed by atoms with van der Waals surface area (Å²) >= 11 is 0. The Morgan fingerprint density at radius 2 is 2.33 bits per heavy atom. The highest BCUT2D eigenvalue weighted by molar-refractivity contribution is 5.71. The van der Waals surface area contributed by atoms with Gasteiger partial charge in [0, 0.05) is 20.5 Å². The quantitative estimate of drug-likeness (QED) is 0.653. The van der Waals surface area contributed by atoms with Crippen LogP contribution in [0.1, 0.15) is 12.6 Å². The van der Waals surface area contributed by atoms with Crippen molar-refractivity contribution in [1.29, 1.82) is 0 Å². The fraction of sp³-hybridized carbons (Fsp3) is 0.583. The van der Waals surface area contributed by atoms with E-state index >= 15 is 0 Å². The Morgan fingerprint density at radius 3 is 2.95 bits per heavy atom. The summed E-state index contributed by atoms with van der Waals surface area (Å²) in [6.07, 6.45) is -0.131. The van der Waals surface area contributed by atoms with Crippen molar-refractivity contribution in [3.05, 3.63) is 16.7 Å². The number of nitrogens with one attached hydrogen (secondary N) is 1. The van der Waals surface area contributed by atoms with E-state index in [-0.39, 0.29) is 17.7 Å². The van der Waals surface area contributed by atoms with E-state index in [4.69, 9.17) is 9.84 Å². The van der Waals surface area contributed by atoms with E-state index in [1.807, 2.05) is 0 Å². The predicted octanol–water partition coefficient (Wildman–Crippen LogP) is -1.17. The van der Waals surface area contributed by atoms with Gasteiger partial charge in [0.05, 0.1) is 19.0 Å². The minimum Gasteiger partial charge on any atom is -0.394 e. The number of H-pyrrole nitrogens is 1. The van der Waals surface area contributed by atoms with Crippen LogP contribution in [-0.2, 0) is 4.74 Å². The van der Waals surface area contributed by atoms with Gasteiger partial charge in [-0.15, -0.1) is 0 Å². The molecule has 1 saturated heterocycles. The molecule has 2 aromatic heterocycles. The third-order valence-electron chi connectivity index (χ3n) is 3.54. The lowest BCUT2D eigenvalue weighted by Gasteiger charge is -2.15. The van der Waals surface area contributed by atoms with Gasteiger partial charge >= 0.3 is 0 Å². The number of nitrogens with zero attached hydrogens (tertiary/aromatic N) is 4. The summed E-state index contributed by atoms with van der Waals surface area (Å²) in [5.41, 5.74) is 0.268. The molecule has 0 radical (unpaired) electrons. The molecule has 0 aromatic carbocycles. The SMILES string of the molecule is CN(C)c1nc2c(ncn2C2CC(O)C(CO)O2)c(=O)[nH]1. The summed E-state index contributed by atoms with van der Waals surface area (Å²) in [5.74, 6) is 0.409. The molecule has 1 aliphatic rings. The van der Waals surface area contributed by atoms with E-state index in [1.165, 1.54) is 6.33 Å². The standard InChI is InChI=1S/C12H17N5O4/c1-16(2)12-14-10-9(11(20)15-12)13-5-17(10)8-3-6(19)7(4-18)21-8/h5-8,18-19H,3-4H2,1-2H3,(H,14,15,20). The molecule has 3 rings (SSSR count). The summed E-state index contributed by atoms with van der Waals surface area (Å²) in [6, 6.07) is 0. The Kier molecular flexibility index (Phi) is 3.40. The van der Waals surface area contributed by atoms with Gasteiger partial charge < -0.3 is 19.8 Å². The number of hydrogen-bond acceptors (Lipinski definition) is 7. The van der Waals surface area contributed by atoms with E-state index in [9.17, 15) is 9.90 Å². The second-order valence-corrected chi connectivity index (χ2v) is 5.22. The van der Waals surface area contributed by atoms with Crippen molar-refractivity contribution in [3.63, 3.8) is 0 Å². The Balaban J connectivity index is 2.06. The molecular formula is C12H17N5O4. The van der Waals surface area contributed by atoms with Crippen LogP contribution in [0.4, 0.5) is 5.95 Å². The Hall–Kier alpha value is -1.97. The van der Waals surface area contributed by atoms with Crippen LogP contribution >= 0.6 is 0 Å². The molecule has 1 fully saturated rings. The summed E-state index contributed by atoms with van der Waals surface area (Å²) in [5, 5.41) is 19.0. The van der Waals surface area contributed by atoms with Crippen molar-refractivity contribution in [2.45, 2.75) is 24.9 Å². The molecule has 114 valence electrons. The molecule has 9 heteroatoms. The lowest BCUT2D eigenvalue weighted by atomic mass is 10.2. The molecule has 3 heterocycles. The van der Waals surface area contributed by atoms with Crippen LogP contribution in [0.25, 0.3) is 11.2 Å². The zero-order valence-corrected chi connectivity index (χ0v) is 11.7. The maximum Gasteiger partial charge on any atom is 0.280 e. The average Bonchev–Trinajstić information content (AvgIpc) is 3.01. The molecule has 0 amide bonds. The first-order valence-electron chi connectivity index (χ1n) is 6.60. The number of ether oxygens (including phenoxy) is 1. The van der Waals surface area contributed by atoms with E-state index in [1.54, 1.807) is 23.6 Å². The van der Waals surface area contributed by atoms with Gasteiger partial charge in [0.25, 0.3) is 5.56 Å². The molecule has 21 heavy (non-hydrogen) atoms. The summed E-state index contributed by atoms with van der Waals surface area (Å²) in [6.45, 7) is -0.263. The van der Waals surface area contributed by atoms with Crippen LogP contribution in [0.5, 0.6) is 0 Å². The first-order chi connectivity index (χ1) is 10.0. The van der Waals surface area contributed by atoms with Gasteiger partial charge in [-0.1, -0.05) is 0 Å². The number of aromatic amines is 1. The molecule has 9 nitrogen and oxygen atoms in total. The average molecular weight is 295 g/mol. The fourth-order valence-corrected chi connectivity index (χ4v) is 2.39. The Morgan fingerprint density at radius 1 is 1.57 bits per heavy atom. The minimum absolute atomic E-state index is 0.214. The van der Waals surface area contributed by atoms with E-state index in [0.717, 1.165) is 0 Å². The van der Waals surface area contributed by atoms with Crippen LogP contribution in [0.15, 0.2) is 11.1 Å². The maximum absolute atomic E-state index is 12.0. The summed E-state index contributed by atoms with van der Waals surface area (Å²) in [7, 11) is 3.53. The maximum atomic E-state index is 12.0. The molecule has 0 aliphatic carbocycles. The molecule has 0 saturated carbocycles. The van der Waals surface area contributed by atoms with E-state index in [0.29, 0.717) is 18.0 Å². The number of aliphatic hydroxyl groups is 2. The first kappa shape index (κ1) is 14.0. The molecule has 0 bridgehead atoms. The van der Waals surface area contributed by atoms with E-state index < -0.39 is 18.4 Å². The van der Waals surface area contributed by atoms with Crippen molar-refractivity contribution >= 4 is 17.1 Å². The molecule has 3 atom stereocenters. The van der Waals surface area contributed by atoms with Crippen molar-refractivity contribution < 1.29 is 14.9 Å². The third-order valence-corrected chi connectivity index (χ3v) is 3.54. The van der Waals surface area contributed by atoms with Crippen LogP contribution in [-0.4, -0.2) is 62.6 Å². The highest BCUT2D eigenvalue weighted by Crippen LogP contribution is 2.30. The van der Waals surface area contributed by atoms with Gasteiger partial charge in [-0.3, -0.25) is 14.3 Å². The normalized spacial score (nSPS) is 25.6. The number of fused-ring (bicyclic) bond motifs is 1. The Bertz CT molecular complexity index is 709.